The van der Waals surface area contributed by atoms with Crippen molar-refractivity contribution in [3.8, 4) is 0 Å². The van der Waals surface area contributed by atoms with Crippen molar-refractivity contribution >= 4 is 18.2 Å². The van der Waals surface area contributed by atoms with Crippen LogP contribution in [0.4, 0.5) is 23.4 Å². The standard InChI is InChI=1S/C23H24F4N6/c1-14-7-20(31-22(30-14)23(25,26)27)33-12-16-10-32(11-17(16)13-33)9-15-8-18(24)3-4-19(15)21-28-5-2-6-29-21/h3-8,16-17,21H,2,9-13H2,1H3. The molecule has 2 aromatic rings. The molecule has 1 aromatic carbocycles. The highest BCUT2D eigenvalue weighted by Crippen LogP contribution is 2.36. The Hall–Kier alpha value is -2.88. The van der Waals surface area contributed by atoms with E-state index in [1.165, 1.54) is 6.07 Å². The van der Waals surface area contributed by atoms with Crippen molar-refractivity contribution in [3.63, 3.8) is 0 Å². The normalized spacial score (nSPS) is 23.5. The predicted molar refractivity (Wildman–Crippen MR) is 117 cm³/mol. The van der Waals surface area contributed by atoms with Gasteiger partial charge in [-0.2, -0.15) is 13.2 Å². The van der Waals surface area contributed by atoms with Crippen LogP contribution in [-0.2, 0) is 12.7 Å². The van der Waals surface area contributed by atoms with Gasteiger partial charge >= 0.3 is 6.18 Å². The maximum Gasteiger partial charge on any atom is 0.451 e. The lowest BCUT2D eigenvalue weighted by molar-refractivity contribution is -0.145. The van der Waals surface area contributed by atoms with Crippen LogP contribution in [0.15, 0.2) is 34.3 Å². The average Bonchev–Trinajstić information content (AvgIpc) is 3.32. The van der Waals surface area contributed by atoms with E-state index in [1.54, 1.807) is 25.1 Å². The lowest BCUT2D eigenvalue weighted by atomic mass is 10.0. The molecule has 1 aromatic heterocycles. The summed E-state index contributed by atoms with van der Waals surface area (Å²) in [5.74, 6) is -0.420. The molecule has 0 spiro atoms. The highest BCUT2D eigenvalue weighted by Gasteiger charge is 2.42. The second-order valence-corrected chi connectivity index (χ2v) is 8.92. The highest BCUT2D eigenvalue weighted by atomic mass is 19.4. The molecule has 0 aliphatic carbocycles. The van der Waals surface area contributed by atoms with E-state index in [9.17, 15) is 17.6 Å². The van der Waals surface area contributed by atoms with E-state index in [4.69, 9.17) is 0 Å². The summed E-state index contributed by atoms with van der Waals surface area (Å²) in [7, 11) is 0. The fourth-order valence-corrected chi connectivity index (χ4v) is 5.02. The molecule has 0 radical (unpaired) electrons. The summed E-state index contributed by atoms with van der Waals surface area (Å²) in [5.41, 5.74) is 2.07. The second kappa shape index (κ2) is 8.48. The van der Waals surface area contributed by atoms with Crippen LogP contribution in [-0.4, -0.2) is 53.5 Å². The minimum Gasteiger partial charge on any atom is -0.356 e. The van der Waals surface area contributed by atoms with Gasteiger partial charge in [-0.3, -0.25) is 14.9 Å². The summed E-state index contributed by atoms with van der Waals surface area (Å²) in [6.07, 6.45) is -0.564. The van der Waals surface area contributed by atoms with E-state index >= 15 is 0 Å². The number of likely N-dealkylation sites (tertiary alicyclic amines) is 1. The molecule has 10 heteroatoms. The van der Waals surface area contributed by atoms with Crippen molar-refractivity contribution in [1.29, 1.82) is 0 Å². The van der Waals surface area contributed by atoms with Crippen molar-refractivity contribution in [2.45, 2.75) is 32.2 Å². The molecule has 6 nitrogen and oxygen atoms in total. The van der Waals surface area contributed by atoms with Crippen molar-refractivity contribution in [2.75, 3.05) is 31.1 Å². The lowest BCUT2D eigenvalue weighted by Gasteiger charge is -2.24. The minimum atomic E-state index is -4.57. The van der Waals surface area contributed by atoms with E-state index in [2.05, 4.69) is 24.9 Å². The lowest BCUT2D eigenvalue weighted by Crippen LogP contribution is -2.30. The van der Waals surface area contributed by atoms with Crippen LogP contribution in [0.3, 0.4) is 0 Å². The van der Waals surface area contributed by atoms with Gasteiger partial charge in [0.05, 0.1) is 0 Å². The van der Waals surface area contributed by atoms with Gasteiger partial charge in [0, 0.05) is 68.9 Å². The molecule has 2 unspecified atom stereocenters. The molecule has 4 heterocycles. The second-order valence-electron chi connectivity index (χ2n) is 8.92. The third-order valence-corrected chi connectivity index (χ3v) is 6.46. The molecule has 33 heavy (non-hydrogen) atoms. The first kappa shape index (κ1) is 21.9. The van der Waals surface area contributed by atoms with Crippen LogP contribution in [0.5, 0.6) is 0 Å². The smallest absolute Gasteiger partial charge is 0.356 e. The first-order chi connectivity index (χ1) is 15.8. The van der Waals surface area contributed by atoms with Crippen molar-refractivity contribution in [2.24, 2.45) is 21.8 Å². The highest BCUT2D eigenvalue weighted by molar-refractivity contribution is 5.81. The number of halogens is 4. The number of hydrogen-bond donors (Lipinski definition) is 0. The van der Waals surface area contributed by atoms with Gasteiger partial charge in [0.2, 0.25) is 5.82 Å². The molecule has 0 bridgehead atoms. The van der Waals surface area contributed by atoms with E-state index in [-0.39, 0.29) is 12.0 Å². The fraction of sp³-hybridized carbons (Fsp3) is 0.478. The molecule has 5 rings (SSSR count). The van der Waals surface area contributed by atoms with Gasteiger partial charge in [0.1, 0.15) is 11.6 Å². The largest absolute Gasteiger partial charge is 0.451 e. The molecule has 2 fully saturated rings. The topological polar surface area (TPSA) is 57.0 Å². The fourth-order valence-electron chi connectivity index (χ4n) is 5.02. The van der Waals surface area contributed by atoms with Crippen molar-refractivity contribution < 1.29 is 17.6 Å². The summed E-state index contributed by atoms with van der Waals surface area (Å²) in [6.45, 7) is 5.02. The summed E-state index contributed by atoms with van der Waals surface area (Å²) < 4.78 is 53.4. The van der Waals surface area contributed by atoms with Crippen molar-refractivity contribution in [3.05, 3.63) is 52.7 Å². The first-order valence-electron chi connectivity index (χ1n) is 11.0. The molecule has 0 saturated carbocycles. The molecule has 2 atom stereocenters. The Balaban J connectivity index is 1.28. The monoisotopic (exact) mass is 460 g/mol. The van der Waals surface area contributed by atoms with E-state index in [1.807, 2.05) is 17.3 Å². The number of nitrogens with zero attached hydrogens (tertiary/aromatic N) is 6. The number of rotatable bonds is 4. The van der Waals surface area contributed by atoms with Crippen LogP contribution in [0, 0.1) is 24.6 Å². The van der Waals surface area contributed by atoms with Gasteiger partial charge in [-0.1, -0.05) is 6.07 Å². The van der Waals surface area contributed by atoms with Gasteiger partial charge in [-0.15, -0.1) is 0 Å². The first-order valence-corrected chi connectivity index (χ1v) is 11.0. The Labute approximate surface area is 189 Å². The maximum absolute atomic E-state index is 14.0. The van der Waals surface area contributed by atoms with Gasteiger partial charge < -0.3 is 4.90 Å². The number of hydrogen-bond acceptors (Lipinski definition) is 6. The van der Waals surface area contributed by atoms with Gasteiger partial charge in [0.15, 0.2) is 6.17 Å². The number of aromatic nitrogens is 2. The Kier molecular flexibility index (Phi) is 5.64. The number of fused-ring (bicyclic) bond motifs is 1. The summed E-state index contributed by atoms with van der Waals surface area (Å²) in [4.78, 5) is 20.4. The zero-order valence-electron chi connectivity index (χ0n) is 18.1. The maximum atomic E-state index is 14.0. The summed E-state index contributed by atoms with van der Waals surface area (Å²) in [6, 6.07) is 6.35. The number of aryl methyl sites for hydroxylation is 1. The molecule has 3 aliphatic heterocycles. The van der Waals surface area contributed by atoms with Gasteiger partial charge in [0.25, 0.3) is 0 Å². The summed E-state index contributed by atoms with van der Waals surface area (Å²) in [5, 5.41) is 0. The average molecular weight is 460 g/mol. The number of benzene rings is 1. The molecule has 174 valence electrons. The van der Waals surface area contributed by atoms with Crippen LogP contribution >= 0.6 is 0 Å². The molecule has 0 N–H and O–H groups in total. The Morgan fingerprint density at radius 3 is 2.33 bits per heavy atom. The molecule has 2 saturated heterocycles. The van der Waals surface area contributed by atoms with Crippen LogP contribution in [0.1, 0.15) is 35.2 Å². The Bertz CT molecular complexity index is 1070. The van der Waals surface area contributed by atoms with Crippen LogP contribution < -0.4 is 4.90 Å². The Morgan fingerprint density at radius 2 is 1.67 bits per heavy atom. The SMILES string of the molecule is Cc1cc(N2CC3CN(Cc4cc(F)ccc4C4N=CCC=N4)CC3C2)nc(C(F)(F)F)n1. The van der Waals surface area contributed by atoms with Gasteiger partial charge in [-0.05, 0) is 36.5 Å². The van der Waals surface area contributed by atoms with Crippen molar-refractivity contribution in [1.82, 2.24) is 14.9 Å². The quantitative estimate of drug-likeness (QED) is 0.646. The number of anilines is 1. The third-order valence-electron chi connectivity index (χ3n) is 6.46. The Morgan fingerprint density at radius 1 is 0.970 bits per heavy atom. The number of aliphatic imine (C=N–C) groups is 2. The minimum absolute atomic E-state index is 0.289. The van der Waals surface area contributed by atoms with E-state index in [0.717, 1.165) is 24.2 Å². The molecule has 0 amide bonds. The molecule has 3 aliphatic rings. The third kappa shape index (κ3) is 4.62. The van der Waals surface area contributed by atoms with Gasteiger partial charge in [-0.25, -0.2) is 14.4 Å². The molecular formula is C23H24F4N6. The predicted octanol–water partition coefficient (Wildman–Crippen LogP) is 4.06. The summed E-state index contributed by atoms with van der Waals surface area (Å²) >= 11 is 0. The van der Waals surface area contributed by atoms with E-state index < -0.39 is 12.0 Å². The zero-order chi connectivity index (χ0) is 23.2. The molecular weight excluding hydrogens is 436 g/mol. The number of alkyl halides is 3. The zero-order valence-corrected chi connectivity index (χ0v) is 18.1. The van der Waals surface area contributed by atoms with Crippen LogP contribution in [0.2, 0.25) is 0 Å². The van der Waals surface area contributed by atoms with Crippen LogP contribution in [0.25, 0.3) is 0 Å². The van der Waals surface area contributed by atoms with E-state index in [0.29, 0.717) is 49.4 Å².